The van der Waals surface area contributed by atoms with Crippen LogP contribution in [-0.4, -0.2) is 24.8 Å². The molecule has 4 rings (SSSR count). The molecule has 2 aromatic carbocycles. The van der Waals surface area contributed by atoms with E-state index in [0.717, 1.165) is 27.9 Å². The number of nitrogens with zero attached hydrogens (tertiary/aromatic N) is 5. The summed E-state index contributed by atoms with van der Waals surface area (Å²) in [5.41, 5.74) is 2.18. The Morgan fingerprint density at radius 3 is 2.48 bits per heavy atom. The van der Waals surface area contributed by atoms with Crippen LogP contribution < -0.4 is 10.4 Å². The van der Waals surface area contributed by atoms with E-state index in [1.54, 1.807) is 17.5 Å². The van der Waals surface area contributed by atoms with E-state index in [4.69, 9.17) is 4.74 Å². The van der Waals surface area contributed by atoms with E-state index >= 15 is 0 Å². The number of halogens is 3. The van der Waals surface area contributed by atoms with Gasteiger partial charge in [-0.25, -0.2) is 9.78 Å². The molecule has 7 nitrogen and oxygen atoms in total. The van der Waals surface area contributed by atoms with Crippen molar-refractivity contribution in [3.05, 3.63) is 75.0 Å². The Labute approximate surface area is 178 Å². The van der Waals surface area contributed by atoms with Crippen LogP contribution in [0.15, 0.2) is 52.6 Å². The molecule has 0 bridgehead atoms. The number of hydrogen-bond donors (Lipinski definition) is 0. The third-order valence-electron chi connectivity index (χ3n) is 4.67. The van der Waals surface area contributed by atoms with Crippen molar-refractivity contribution in [3.63, 3.8) is 0 Å². The summed E-state index contributed by atoms with van der Waals surface area (Å²) in [6, 6.07) is 10.2. The lowest BCUT2D eigenvalue weighted by Crippen LogP contribution is -2.23. The van der Waals surface area contributed by atoms with Crippen LogP contribution in [0.2, 0.25) is 0 Å². The smallest absolute Gasteiger partial charge is 0.416 e. The number of hydrogen-bond acceptors (Lipinski definition) is 6. The Balaban J connectivity index is 1.55. The van der Waals surface area contributed by atoms with Gasteiger partial charge in [-0.3, -0.25) is 0 Å². The first-order valence-electron chi connectivity index (χ1n) is 9.08. The minimum absolute atomic E-state index is 0.130. The van der Waals surface area contributed by atoms with Crippen LogP contribution in [0.1, 0.15) is 16.7 Å². The van der Waals surface area contributed by atoms with E-state index in [9.17, 15) is 18.0 Å². The van der Waals surface area contributed by atoms with E-state index in [1.165, 1.54) is 35.2 Å². The fraction of sp³-hybridized carbons (Fsp3) is 0.200. The van der Waals surface area contributed by atoms with Gasteiger partial charge in [-0.2, -0.15) is 22.5 Å². The summed E-state index contributed by atoms with van der Waals surface area (Å²) in [5, 5.41) is 9.68. The molecule has 0 aliphatic rings. The second kappa shape index (κ2) is 7.99. The average Bonchev–Trinajstić information content (AvgIpc) is 3.34. The Hall–Kier alpha value is -3.47. The van der Waals surface area contributed by atoms with Crippen molar-refractivity contribution in [2.45, 2.75) is 19.7 Å². The standard InChI is InChI=1S/C20H16F3N5O2S/c1-12-4-3-5-17(28-19(29)27(2)25-26-28)15(12)10-30-18-24-16(11-31-18)13-6-8-14(9-7-13)20(21,22)23/h3-9,11H,10H2,1-2H3. The molecule has 0 spiro atoms. The second-order valence-electron chi connectivity index (χ2n) is 6.73. The van der Waals surface area contributed by atoms with Crippen LogP contribution in [0.3, 0.4) is 0 Å². The monoisotopic (exact) mass is 447 g/mol. The summed E-state index contributed by atoms with van der Waals surface area (Å²) in [6.07, 6.45) is -4.38. The van der Waals surface area contributed by atoms with Gasteiger partial charge >= 0.3 is 11.9 Å². The highest BCUT2D eigenvalue weighted by Gasteiger charge is 2.30. The zero-order valence-electron chi connectivity index (χ0n) is 16.4. The Morgan fingerprint density at radius 2 is 1.84 bits per heavy atom. The maximum atomic E-state index is 12.7. The van der Waals surface area contributed by atoms with Crippen molar-refractivity contribution in [1.82, 2.24) is 24.8 Å². The van der Waals surface area contributed by atoms with Gasteiger partial charge in [-0.1, -0.05) is 35.6 Å². The highest BCUT2D eigenvalue weighted by molar-refractivity contribution is 7.11. The van der Waals surface area contributed by atoms with E-state index < -0.39 is 11.7 Å². The van der Waals surface area contributed by atoms with Crippen molar-refractivity contribution in [3.8, 4) is 22.1 Å². The molecule has 0 atom stereocenters. The number of benzene rings is 2. The van der Waals surface area contributed by atoms with Crippen LogP contribution in [0.4, 0.5) is 13.2 Å². The van der Waals surface area contributed by atoms with Gasteiger partial charge in [-0.05, 0) is 41.1 Å². The topological polar surface area (TPSA) is 74.8 Å². The fourth-order valence-electron chi connectivity index (χ4n) is 2.96. The third kappa shape index (κ3) is 4.22. The van der Waals surface area contributed by atoms with Crippen molar-refractivity contribution in [1.29, 1.82) is 0 Å². The SMILES string of the molecule is Cc1cccc(-n2nnn(C)c2=O)c1COc1nc(-c2ccc(C(F)(F)F)cc2)cs1. The number of alkyl halides is 3. The van der Waals surface area contributed by atoms with E-state index in [0.29, 0.717) is 22.1 Å². The van der Waals surface area contributed by atoms with Crippen LogP contribution in [0, 0.1) is 6.92 Å². The first-order chi connectivity index (χ1) is 14.7. The molecule has 0 fully saturated rings. The molecule has 0 unspecified atom stereocenters. The first-order valence-corrected chi connectivity index (χ1v) is 9.96. The summed E-state index contributed by atoms with van der Waals surface area (Å²) in [6.45, 7) is 2.02. The van der Waals surface area contributed by atoms with Gasteiger partial charge in [0, 0.05) is 23.6 Å². The predicted molar refractivity (Wildman–Crippen MR) is 108 cm³/mol. The Kier molecular flexibility index (Phi) is 5.36. The largest absolute Gasteiger partial charge is 0.465 e. The summed E-state index contributed by atoms with van der Waals surface area (Å²) < 4.78 is 46.4. The van der Waals surface area contributed by atoms with E-state index in [-0.39, 0.29) is 12.3 Å². The molecule has 0 N–H and O–H groups in total. The Morgan fingerprint density at radius 1 is 1.10 bits per heavy atom. The number of tetrazole rings is 1. The third-order valence-corrected chi connectivity index (χ3v) is 5.42. The number of ether oxygens (including phenoxy) is 1. The van der Waals surface area contributed by atoms with Gasteiger partial charge in [0.1, 0.15) is 6.61 Å². The van der Waals surface area contributed by atoms with Crippen LogP contribution in [0.5, 0.6) is 5.19 Å². The van der Waals surface area contributed by atoms with Crippen LogP contribution in [0.25, 0.3) is 16.9 Å². The molecule has 31 heavy (non-hydrogen) atoms. The van der Waals surface area contributed by atoms with Gasteiger partial charge in [0.15, 0.2) is 0 Å². The molecule has 0 saturated carbocycles. The molecule has 0 amide bonds. The minimum Gasteiger partial charge on any atom is -0.465 e. The van der Waals surface area contributed by atoms with Crippen molar-refractivity contribution >= 4 is 11.3 Å². The van der Waals surface area contributed by atoms with Crippen LogP contribution >= 0.6 is 11.3 Å². The lowest BCUT2D eigenvalue weighted by Gasteiger charge is -2.11. The molecule has 160 valence electrons. The maximum Gasteiger partial charge on any atom is 0.416 e. The van der Waals surface area contributed by atoms with Gasteiger partial charge < -0.3 is 4.74 Å². The van der Waals surface area contributed by atoms with Crippen molar-refractivity contribution in [2.75, 3.05) is 0 Å². The molecule has 0 aliphatic carbocycles. The fourth-order valence-corrected chi connectivity index (χ4v) is 3.64. The van der Waals surface area contributed by atoms with Gasteiger partial charge in [0.25, 0.3) is 5.19 Å². The minimum atomic E-state index is -4.38. The van der Waals surface area contributed by atoms with Crippen molar-refractivity contribution < 1.29 is 17.9 Å². The van der Waals surface area contributed by atoms with E-state index in [2.05, 4.69) is 15.4 Å². The van der Waals surface area contributed by atoms with Gasteiger partial charge in [0.05, 0.1) is 16.9 Å². The lowest BCUT2D eigenvalue weighted by atomic mass is 10.1. The molecule has 2 aromatic heterocycles. The Bertz CT molecular complexity index is 1280. The van der Waals surface area contributed by atoms with E-state index in [1.807, 2.05) is 13.0 Å². The second-order valence-corrected chi connectivity index (χ2v) is 7.55. The van der Waals surface area contributed by atoms with Crippen molar-refractivity contribution in [2.24, 2.45) is 7.05 Å². The molecule has 11 heteroatoms. The quantitative estimate of drug-likeness (QED) is 0.462. The van der Waals surface area contributed by atoms with Gasteiger partial charge in [-0.15, -0.1) is 0 Å². The summed E-state index contributed by atoms with van der Waals surface area (Å²) in [7, 11) is 1.51. The molecule has 0 saturated heterocycles. The predicted octanol–water partition coefficient (Wildman–Crippen LogP) is 4.00. The first kappa shape index (κ1) is 20.8. The molecule has 2 heterocycles. The molecular formula is C20H16F3N5O2S. The average molecular weight is 447 g/mol. The highest BCUT2D eigenvalue weighted by atomic mass is 32.1. The molecular weight excluding hydrogens is 431 g/mol. The molecule has 0 aliphatic heterocycles. The maximum absolute atomic E-state index is 12.7. The van der Waals surface area contributed by atoms with Gasteiger partial charge in [0.2, 0.25) is 0 Å². The number of aromatic nitrogens is 5. The zero-order chi connectivity index (χ0) is 22.2. The summed E-state index contributed by atoms with van der Waals surface area (Å²) >= 11 is 1.23. The number of aryl methyl sites for hydroxylation is 2. The number of rotatable bonds is 5. The molecule has 0 radical (unpaired) electrons. The zero-order valence-corrected chi connectivity index (χ0v) is 17.2. The summed E-state index contributed by atoms with van der Waals surface area (Å²) in [5.74, 6) is 0. The number of thiazole rings is 1. The molecule has 4 aromatic rings. The normalized spacial score (nSPS) is 11.6. The van der Waals surface area contributed by atoms with Crippen LogP contribution in [-0.2, 0) is 19.8 Å². The lowest BCUT2D eigenvalue weighted by molar-refractivity contribution is -0.137. The highest BCUT2D eigenvalue weighted by Crippen LogP contribution is 2.32. The summed E-state index contributed by atoms with van der Waals surface area (Å²) in [4.78, 5) is 16.6.